The first-order chi connectivity index (χ1) is 8.49. The molecule has 0 aliphatic carbocycles. The Balaban J connectivity index is 0. The Hall–Kier alpha value is -1.82. The normalized spacial score (nSPS) is 8.76. The largest absolute Gasteiger partial charge is 0.397 e. The van der Waals surface area contributed by atoms with E-state index in [0.717, 1.165) is 0 Å². The predicted octanol–water partition coefficient (Wildman–Crippen LogP) is 2.51. The summed E-state index contributed by atoms with van der Waals surface area (Å²) >= 11 is 0. The highest BCUT2D eigenvalue weighted by atomic mass is 35.5. The molecule has 0 heterocycles. The van der Waals surface area contributed by atoms with E-state index >= 15 is 0 Å². The molecule has 0 aliphatic rings. The highest BCUT2D eigenvalue weighted by Gasteiger charge is 2.11. The lowest BCUT2D eigenvalue weighted by Crippen LogP contribution is -2.05. The molecule has 0 aliphatic heterocycles. The molecule has 0 unspecified atom stereocenters. The van der Waals surface area contributed by atoms with Gasteiger partial charge in [-0.05, 0) is 36.4 Å². The van der Waals surface area contributed by atoms with E-state index < -0.39 is 0 Å². The molecule has 2 aromatic carbocycles. The van der Waals surface area contributed by atoms with Crippen LogP contribution >= 0.6 is 37.2 Å². The smallest absolute Gasteiger partial charge is 0.193 e. The summed E-state index contributed by atoms with van der Waals surface area (Å²) < 4.78 is 0. The maximum Gasteiger partial charge on any atom is 0.193 e. The summed E-state index contributed by atoms with van der Waals surface area (Å²) in [4.78, 5) is 12.2. The zero-order valence-corrected chi connectivity index (χ0v) is 13.4. The number of nitrogen functional groups attached to an aromatic ring is 4. The molecule has 5 nitrogen and oxygen atoms in total. The molecule has 116 valence electrons. The number of hydrogen-bond acceptors (Lipinski definition) is 5. The summed E-state index contributed by atoms with van der Waals surface area (Å²) in [7, 11) is 0. The van der Waals surface area contributed by atoms with Gasteiger partial charge in [0.2, 0.25) is 0 Å². The molecule has 0 bridgehead atoms. The minimum absolute atomic E-state index is 0. The molecule has 2 rings (SSSR count). The quantitative estimate of drug-likeness (QED) is 0.489. The van der Waals surface area contributed by atoms with E-state index in [1.54, 1.807) is 36.4 Å². The number of nitrogens with two attached hydrogens (primary N) is 4. The Labute approximate surface area is 141 Å². The van der Waals surface area contributed by atoms with Gasteiger partial charge in [0.1, 0.15) is 0 Å². The van der Waals surface area contributed by atoms with Crippen molar-refractivity contribution >= 4 is 65.8 Å². The number of anilines is 4. The van der Waals surface area contributed by atoms with Crippen LogP contribution in [0.3, 0.4) is 0 Å². The fraction of sp³-hybridized carbons (Fsp3) is 0. The average molecular weight is 352 g/mol. The van der Waals surface area contributed by atoms with Gasteiger partial charge >= 0.3 is 0 Å². The van der Waals surface area contributed by atoms with Crippen LogP contribution < -0.4 is 22.9 Å². The predicted molar refractivity (Wildman–Crippen MR) is 95.7 cm³/mol. The van der Waals surface area contributed by atoms with Crippen LogP contribution in [-0.4, -0.2) is 5.78 Å². The minimum atomic E-state index is -0.173. The second kappa shape index (κ2) is 8.46. The second-order valence-electron chi connectivity index (χ2n) is 4.02. The number of ketones is 1. The van der Waals surface area contributed by atoms with Crippen LogP contribution in [0.2, 0.25) is 0 Å². The maximum atomic E-state index is 12.2. The average Bonchev–Trinajstić information content (AvgIpc) is 2.35. The summed E-state index contributed by atoms with van der Waals surface area (Å²) in [6.07, 6.45) is 0. The molecule has 0 saturated carbocycles. The van der Waals surface area contributed by atoms with Crippen molar-refractivity contribution in [1.29, 1.82) is 0 Å². The van der Waals surface area contributed by atoms with Crippen molar-refractivity contribution in [2.24, 2.45) is 0 Å². The van der Waals surface area contributed by atoms with Gasteiger partial charge in [0, 0.05) is 11.1 Å². The van der Waals surface area contributed by atoms with Crippen molar-refractivity contribution in [3.05, 3.63) is 47.5 Å². The van der Waals surface area contributed by atoms with E-state index in [-0.39, 0.29) is 43.0 Å². The number of halogens is 3. The van der Waals surface area contributed by atoms with Crippen molar-refractivity contribution in [3.8, 4) is 0 Å². The second-order valence-corrected chi connectivity index (χ2v) is 4.02. The number of carbonyl (C=O) groups excluding carboxylic acids is 1. The van der Waals surface area contributed by atoms with E-state index in [4.69, 9.17) is 22.9 Å². The van der Waals surface area contributed by atoms with Gasteiger partial charge in [-0.2, -0.15) is 0 Å². The zero-order chi connectivity index (χ0) is 13.3. The van der Waals surface area contributed by atoms with E-state index in [0.29, 0.717) is 33.9 Å². The highest BCUT2D eigenvalue weighted by molar-refractivity contribution is 6.10. The Bertz CT molecular complexity index is 581. The SMILES string of the molecule is Cl.Cl.Cl.Nc1ccc(C(=O)c2ccc(N)c(N)c2)cc1N. The van der Waals surface area contributed by atoms with Gasteiger partial charge < -0.3 is 22.9 Å². The molecular weight excluding hydrogens is 335 g/mol. The first-order valence-electron chi connectivity index (χ1n) is 5.33. The fourth-order valence-corrected chi connectivity index (χ4v) is 1.60. The van der Waals surface area contributed by atoms with Crippen molar-refractivity contribution in [1.82, 2.24) is 0 Å². The summed E-state index contributed by atoms with van der Waals surface area (Å²) in [5.74, 6) is -0.173. The van der Waals surface area contributed by atoms with Crippen LogP contribution in [-0.2, 0) is 0 Å². The monoisotopic (exact) mass is 350 g/mol. The molecule has 0 saturated heterocycles. The van der Waals surface area contributed by atoms with Crippen molar-refractivity contribution < 1.29 is 4.79 Å². The summed E-state index contributed by atoms with van der Waals surface area (Å²) in [5.41, 5.74) is 25.1. The van der Waals surface area contributed by atoms with Crippen molar-refractivity contribution in [3.63, 3.8) is 0 Å². The molecule has 0 radical (unpaired) electrons. The third-order valence-electron chi connectivity index (χ3n) is 2.70. The first kappa shape index (κ1) is 21.5. The lowest BCUT2D eigenvalue weighted by Gasteiger charge is -2.06. The van der Waals surface area contributed by atoms with E-state index in [9.17, 15) is 4.79 Å². The van der Waals surface area contributed by atoms with Gasteiger partial charge in [0.25, 0.3) is 0 Å². The fourth-order valence-electron chi connectivity index (χ4n) is 1.60. The number of carbonyl (C=O) groups is 1. The van der Waals surface area contributed by atoms with Crippen LogP contribution in [0, 0.1) is 0 Å². The third-order valence-corrected chi connectivity index (χ3v) is 2.70. The Morgan fingerprint density at radius 3 is 1.24 bits per heavy atom. The Kier molecular flexibility index (Phi) is 8.66. The molecule has 21 heavy (non-hydrogen) atoms. The van der Waals surface area contributed by atoms with Crippen LogP contribution in [0.5, 0.6) is 0 Å². The lowest BCUT2D eigenvalue weighted by molar-refractivity contribution is 0.103. The van der Waals surface area contributed by atoms with Crippen LogP contribution in [0.15, 0.2) is 36.4 Å². The summed E-state index contributed by atoms with van der Waals surface area (Å²) in [5, 5.41) is 0. The maximum absolute atomic E-state index is 12.2. The molecule has 0 amide bonds. The molecule has 0 spiro atoms. The van der Waals surface area contributed by atoms with Gasteiger partial charge in [0.05, 0.1) is 22.7 Å². The highest BCUT2D eigenvalue weighted by Crippen LogP contribution is 2.21. The van der Waals surface area contributed by atoms with Gasteiger partial charge in [0.15, 0.2) is 5.78 Å². The number of rotatable bonds is 2. The van der Waals surface area contributed by atoms with Gasteiger partial charge in [-0.15, -0.1) is 37.2 Å². The summed E-state index contributed by atoms with van der Waals surface area (Å²) in [6.45, 7) is 0. The molecule has 8 heteroatoms. The third kappa shape index (κ3) is 4.60. The number of benzene rings is 2. The van der Waals surface area contributed by atoms with Crippen LogP contribution in [0.1, 0.15) is 15.9 Å². The van der Waals surface area contributed by atoms with Gasteiger partial charge in [-0.3, -0.25) is 4.79 Å². The molecule has 8 N–H and O–H groups in total. The Morgan fingerprint density at radius 2 is 0.952 bits per heavy atom. The molecule has 0 atom stereocenters. The molecular formula is C13H17Cl3N4O. The van der Waals surface area contributed by atoms with Crippen molar-refractivity contribution in [2.45, 2.75) is 0 Å². The van der Waals surface area contributed by atoms with Crippen LogP contribution in [0.4, 0.5) is 22.7 Å². The first-order valence-corrected chi connectivity index (χ1v) is 5.33. The number of hydrogen-bond donors (Lipinski definition) is 4. The standard InChI is InChI=1S/C13H14N4O.3ClH/c14-9-3-1-7(5-11(9)16)13(18)8-2-4-10(15)12(17)6-8;;;/h1-6H,14-17H2;3*1H. The lowest BCUT2D eigenvalue weighted by atomic mass is 10.0. The van der Waals surface area contributed by atoms with E-state index in [2.05, 4.69) is 0 Å². The van der Waals surface area contributed by atoms with E-state index in [1.165, 1.54) is 0 Å². The molecule has 0 fully saturated rings. The van der Waals surface area contributed by atoms with Crippen LogP contribution in [0.25, 0.3) is 0 Å². The van der Waals surface area contributed by atoms with E-state index in [1.807, 2.05) is 0 Å². The summed E-state index contributed by atoms with van der Waals surface area (Å²) in [6, 6.07) is 9.54. The van der Waals surface area contributed by atoms with Gasteiger partial charge in [-0.25, -0.2) is 0 Å². The topological polar surface area (TPSA) is 121 Å². The van der Waals surface area contributed by atoms with Crippen molar-refractivity contribution in [2.75, 3.05) is 22.9 Å². The molecule has 0 aromatic heterocycles. The minimum Gasteiger partial charge on any atom is -0.397 e. The van der Waals surface area contributed by atoms with Gasteiger partial charge in [-0.1, -0.05) is 0 Å². The zero-order valence-electron chi connectivity index (χ0n) is 10.9. The molecule has 2 aromatic rings. The Morgan fingerprint density at radius 1 is 0.619 bits per heavy atom.